The molecule has 17 heavy (non-hydrogen) atoms. The third kappa shape index (κ3) is 3.33. The molecule has 94 valence electrons. The van der Waals surface area contributed by atoms with Crippen LogP contribution in [0.25, 0.3) is 0 Å². The smallest absolute Gasteiger partial charge is 0.141 e. The molecule has 1 fully saturated rings. The van der Waals surface area contributed by atoms with E-state index in [-0.39, 0.29) is 10.8 Å². The molecule has 1 aromatic carbocycles. The van der Waals surface area contributed by atoms with E-state index in [4.69, 9.17) is 16.3 Å². The van der Waals surface area contributed by atoms with Gasteiger partial charge in [0.2, 0.25) is 0 Å². The summed E-state index contributed by atoms with van der Waals surface area (Å²) in [5.41, 5.74) is 0.886. The molecular formula is C13H17ClFNO. The Bertz CT molecular complexity index is 378. The summed E-state index contributed by atoms with van der Waals surface area (Å²) in [6.07, 6.45) is 4.69. The van der Waals surface area contributed by atoms with Gasteiger partial charge in [-0.05, 0) is 43.9 Å². The van der Waals surface area contributed by atoms with Crippen LogP contribution in [0.15, 0.2) is 18.2 Å². The molecule has 1 saturated carbocycles. The van der Waals surface area contributed by atoms with Crippen LogP contribution < -0.4 is 5.32 Å². The van der Waals surface area contributed by atoms with Crippen LogP contribution in [-0.2, 0) is 4.74 Å². The van der Waals surface area contributed by atoms with Gasteiger partial charge in [-0.1, -0.05) is 11.6 Å². The van der Waals surface area contributed by atoms with Gasteiger partial charge in [0.15, 0.2) is 0 Å². The van der Waals surface area contributed by atoms with Crippen molar-refractivity contribution >= 4 is 17.3 Å². The predicted molar refractivity (Wildman–Crippen MR) is 68.1 cm³/mol. The molecule has 0 unspecified atom stereocenters. The number of anilines is 1. The van der Waals surface area contributed by atoms with E-state index in [0.717, 1.165) is 31.4 Å². The van der Waals surface area contributed by atoms with Gasteiger partial charge in [0.1, 0.15) is 5.82 Å². The molecule has 0 atom stereocenters. The summed E-state index contributed by atoms with van der Waals surface area (Å²) in [5.74, 6) is -0.375. The number of halogens is 2. The number of rotatable bonds is 3. The molecule has 0 radical (unpaired) electrons. The summed E-state index contributed by atoms with van der Waals surface area (Å²) in [5, 5.41) is 3.55. The Balaban J connectivity index is 1.91. The van der Waals surface area contributed by atoms with Crippen molar-refractivity contribution in [3.05, 3.63) is 29.0 Å². The lowest BCUT2D eigenvalue weighted by molar-refractivity contribution is 0.0682. The Kier molecular flexibility index (Phi) is 4.24. The number of methoxy groups -OCH3 is 1. The summed E-state index contributed by atoms with van der Waals surface area (Å²) >= 11 is 5.74. The molecule has 2 rings (SSSR count). The zero-order chi connectivity index (χ0) is 12.3. The van der Waals surface area contributed by atoms with Crippen LogP contribution >= 0.6 is 11.6 Å². The van der Waals surface area contributed by atoms with Gasteiger partial charge >= 0.3 is 0 Å². The Morgan fingerprint density at radius 3 is 2.59 bits per heavy atom. The highest BCUT2D eigenvalue weighted by molar-refractivity contribution is 6.31. The first-order chi connectivity index (χ1) is 8.19. The van der Waals surface area contributed by atoms with Crippen molar-refractivity contribution in [2.45, 2.75) is 37.8 Å². The molecule has 0 saturated heterocycles. The van der Waals surface area contributed by atoms with E-state index in [1.165, 1.54) is 6.07 Å². The van der Waals surface area contributed by atoms with Gasteiger partial charge in [-0.2, -0.15) is 0 Å². The Hall–Kier alpha value is -0.800. The maximum Gasteiger partial charge on any atom is 0.141 e. The van der Waals surface area contributed by atoms with E-state index in [0.29, 0.717) is 12.1 Å². The van der Waals surface area contributed by atoms with Gasteiger partial charge in [0, 0.05) is 18.8 Å². The van der Waals surface area contributed by atoms with Gasteiger partial charge < -0.3 is 10.1 Å². The topological polar surface area (TPSA) is 21.3 Å². The van der Waals surface area contributed by atoms with Crippen molar-refractivity contribution in [2.75, 3.05) is 12.4 Å². The van der Waals surface area contributed by atoms with Crippen LogP contribution in [0, 0.1) is 5.82 Å². The molecule has 0 aliphatic heterocycles. The van der Waals surface area contributed by atoms with Crippen LogP contribution in [0.4, 0.5) is 10.1 Å². The highest BCUT2D eigenvalue weighted by atomic mass is 35.5. The molecule has 0 bridgehead atoms. The van der Waals surface area contributed by atoms with E-state index in [2.05, 4.69) is 5.32 Å². The molecule has 0 spiro atoms. The number of nitrogens with one attached hydrogen (secondary N) is 1. The van der Waals surface area contributed by atoms with Crippen LogP contribution in [-0.4, -0.2) is 19.3 Å². The van der Waals surface area contributed by atoms with Gasteiger partial charge in [0.05, 0.1) is 11.1 Å². The number of benzene rings is 1. The Morgan fingerprint density at radius 1 is 1.29 bits per heavy atom. The van der Waals surface area contributed by atoms with Gasteiger partial charge in [0.25, 0.3) is 0 Å². The zero-order valence-electron chi connectivity index (χ0n) is 9.88. The van der Waals surface area contributed by atoms with Gasteiger partial charge in [-0.25, -0.2) is 4.39 Å². The van der Waals surface area contributed by atoms with Crippen LogP contribution in [0.5, 0.6) is 0 Å². The lowest BCUT2D eigenvalue weighted by atomic mass is 9.93. The SMILES string of the molecule is COC1CCC(Nc2ccc(F)c(Cl)c2)CC1. The minimum Gasteiger partial charge on any atom is -0.382 e. The molecule has 0 heterocycles. The maximum absolute atomic E-state index is 13.0. The first-order valence-corrected chi connectivity index (χ1v) is 6.31. The van der Waals surface area contributed by atoms with Crippen molar-refractivity contribution in [1.82, 2.24) is 0 Å². The van der Waals surface area contributed by atoms with Crippen molar-refractivity contribution in [2.24, 2.45) is 0 Å². The third-order valence-corrected chi connectivity index (χ3v) is 3.59. The number of hydrogen-bond acceptors (Lipinski definition) is 2. The van der Waals surface area contributed by atoms with Crippen molar-refractivity contribution in [1.29, 1.82) is 0 Å². The van der Waals surface area contributed by atoms with E-state index < -0.39 is 0 Å². The molecule has 0 amide bonds. The summed E-state index contributed by atoms with van der Waals surface area (Å²) < 4.78 is 18.3. The average molecular weight is 258 g/mol. The summed E-state index contributed by atoms with van der Waals surface area (Å²) in [6.45, 7) is 0. The van der Waals surface area contributed by atoms with Crippen molar-refractivity contribution in [3.63, 3.8) is 0 Å². The monoisotopic (exact) mass is 257 g/mol. The summed E-state index contributed by atoms with van der Waals surface area (Å²) in [7, 11) is 1.76. The first kappa shape index (κ1) is 12.7. The Labute approximate surface area is 106 Å². The van der Waals surface area contributed by atoms with Crippen molar-refractivity contribution < 1.29 is 9.13 Å². The second kappa shape index (κ2) is 5.69. The molecule has 1 aliphatic carbocycles. The minimum atomic E-state index is -0.375. The van der Waals surface area contributed by atoms with Crippen LogP contribution in [0.1, 0.15) is 25.7 Å². The number of hydrogen-bond donors (Lipinski definition) is 1. The average Bonchev–Trinajstić information content (AvgIpc) is 2.35. The maximum atomic E-state index is 13.0. The normalized spacial score (nSPS) is 24.6. The highest BCUT2D eigenvalue weighted by Gasteiger charge is 2.20. The predicted octanol–water partition coefficient (Wildman–Crippen LogP) is 3.85. The number of ether oxygens (including phenoxy) is 1. The molecule has 1 aliphatic rings. The fraction of sp³-hybridized carbons (Fsp3) is 0.538. The van der Waals surface area contributed by atoms with E-state index >= 15 is 0 Å². The lowest BCUT2D eigenvalue weighted by Gasteiger charge is -2.28. The molecule has 2 nitrogen and oxygen atoms in total. The second-order valence-electron chi connectivity index (χ2n) is 4.48. The molecule has 0 aromatic heterocycles. The zero-order valence-corrected chi connectivity index (χ0v) is 10.6. The Morgan fingerprint density at radius 2 is 2.00 bits per heavy atom. The van der Waals surface area contributed by atoms with Crippen molar-refractivity contribution in [3.8, 4) is 0 Å². The van der Waals surface area contributed by atoms with E-state index in [9.17, 15) is 4.39 Å². The fourth-order valence-corrected chi connectivity index (χ4v) is 2.45. The van der Waals surface area contributed by atoms with Gasteiger partial charge in [-0.15, -0.1) is 0 Å². The van der Waals surface area contributed by atoms with Crippen LogP contribution in [0.2, 0.25) is 5.02 Å². The molecule has 4 heteroatoms. The second-order valence-corrected chi connectivity index (χ2v) is 4.89. The largest absolute Gasteiger partial charge is 0.382 e. The molecule has 1 aromatic rings. The third-order valence-electron chi connectivity index (χ3n) is 3.30. The quantitative estimate of drug-likeness (QED) is 0.888. The minimum absolute atomic E-state index is 0.167. The van der Waals surface area contributed by atoms with Gasteiger partial charge in [-0.3, -0.25) is 0 Å². The highest BCUT2D eigenvalue weighted by Crippen LogP contribution is 2.25. The fourth-order valence-electron chi connectivity index (χ4n) is 2.26. The first-order valence-electron chi connectivity index (χ1n) is 5.93. The van der Waals surface area contributed by atoms with E-state index in [1.807, 2.05) is 0 Å². The van der Waals surface area contributed by atoms with E-state index in [1.54, 1.807) is 19.2 Å². The summed E-state index contributed by atoms with van der Waals surface area (Å²) in [4.78, 5) is 0. The standard InChI is InChI=1S/C13H17ClFNO/c1-17-11-5-2-9(3-6-11)16-10-4-7-13(15)12(14)8-10/h4,7-9,11,16H,2-3,5-6H2,1H3. The molecule has 1 N–H and O–H groups in total. The van der Waals surface area contributed by atoms with Crippen LogP contribution in [0.3, 0.4) is 0 Å². The summed E-state index contributed by atoms with van der Waals surface area (Å²) in [6, 6.07) is 5.19. The lowest BCUT2D eigenvalue weighted by Crippen LogP contribution is -2.29. The molecular weight excluding hydrogens is 241 g/mol.